The van der Waals surface area contributed by atoms with E-state index in [-0.39, 0.29) is 35.6 Å². The molecule has 1 aromatic rings. The summed E-state index contributed by atoms with van der Waals surface area (Å²) in [6.07, 6.45) is 6.46. The lowest BCUT2D eigenvalue weighted by Crippen LogP contribution is -2.60. The Kier molecular flexibility index (Phi) is 11.5. The Bertz CT molecular complexity index is 703. The molecule has 3 rings (SSSR count). The van der Waals surface area contributed by atoms with Gasteiger partial charge in [-0.2, -0.15) is 0 Å². The van der Waals surface area contributed by atoms with Crippen LogP contribution in [0.25, 0.3) is 0 Å². The Morgan fingerprint density at radius 3 is 2.47 bits per heavy atom. The lowest BCUT2D eigenvalue weighted by atomic mass is 9.80. The van der Waals surface area contributed by atoms with E-state index < -0.39 is 0 Å². The average molecular weight is 560 g/mol. The molecule has 0 spiro atoms. The minimum atomic E-state index is 0. The number of rotatable bonds is 8. The third-order valence-electron chi connectivity index (χ3n) is 6.86. The van der Waals surface area contributed by atoms with Crippen LogP contribution in [0.3, 0.4) is 0 Å². The lowest BCUT2D eigenvalue weighted by Gasteiger charge is -2.48. The van der Waals surface area contributed by atoms with Crippen LogP contribution < -0.4 is 15.4 Å². The van der Waals surface area contributed by atoms with Crippen LogP contribution in [0.4, 0.5) is 0 Å². The van der Waals surface area contributed by atoms with Gasteiger partial charge >= 0.3 is 0 Å². The molecule has 0 aromatic heterocycles. The molecule has 7 nitrogen and oxygen atoms in total. The zero-order valence-corrected chi connectivity index (χ0v) is 22.6. The van der Waals surface area contributed by atoms with E-state index in [0.29, 0.717) is 0 Å². The van der Waals surface area contributed by atoms with Gasteiger partial charge in [0, 0.05) is 44.3 Å². The molecule has 1 aromatic carbocycles. The standard InChI is InChI=1S/C24H41N5O2.HI/c1-25-23(26-18-21(28(2)3)20-10-6-7-11-22(20)30-4)27-19-24(12-8-5-9-13-24)29-14-16-31-17-15-29;/h6-7,10-11,21H,5,8-9,12-19H2,1-4H3,(H2,25,26,27);1H. The summed E-state index contributed by atoms with van der Waals surface area (Å²) < 4.78 is 11.2. The fraction of sp³-hybridized carbons (Fsp3) is 0.708. The molecule has 1 heterocycles. The van der Waals surface area contributed by atoms with Crippen LogP contribution in [0, 0.1) is 0 Å². The van der Waals surface area contributed by atoms with Crippen molar-refractivity contribution in [2.45, 2.75) is 43.7 Å². The van der Waals surface area contributed by atoms with Gasteiger partial charge in [0.15, 0.2) is 5.96 Å². The number of nitrogens with zero attached hydrogens (tertiary/aromatic N) is 3. The average Bonchev–Trinajstić information content (AvgIpc) is 2.82. The molecule has 1 atom stereocenters. The van der Waals surface area contributed by atoms with Crippen LogP contribution in [0.1, 0.15) is 43.7 Å². The highest BCUT2D eigenvalue weighted by Crippen LogP contribution is 2.34. The highest BCUT2D eigenvalue weighted by molar-refractivity contribution is 14.0. The van der Waals surface area contributed by atoms with Crippen molar-refractivity contribution in [1.82, 2.24) is 20.4 Å². The number of ether oxygens (including phenoxy) is 2. The lowest BCUT2D eigenvalue weighted by molar-refractivity contribution is -0.0352. The molecular formula is C24H42IN5O2. The van der Waals surface area contributed by atoms with Crippen molar-refractivity contribution in [2.75, 3.05) is 67.6 Å². The summed E-state index contributed by atoms with van der Waals surface area (Å²) in [4.78, 5) is 9.39. The Hall–Kier alpha value is -1.10. The second-order valence-corrected chi connectivity index (χ2v) is 8.91. The van der Waals surface area contributed by atoms with Gasteiger partial charge in [-0.1, -0.05) is 37.5 Å². The second-order valence-electron chi connectivity index (χ2n) is 8.91. The van der Waals surface area contributed by atoms with Gasteiger partial charge in [0.2, 0.25) is 0 Å². The van der Waals surface area contributed by atoms with Crippen LogP contribution in [0.2, 0.25) is 0 Å². The molecule has 32 heavy (non-hydrogen) atoms. The van der Waals surface area contributed by atoms with Crippen LogP contribution in [0.5, 0.6) is 5.75 Å². The third kappa shape index (κ3) is 6.95. The molecule has 2 fully saturated rings. The molecule has 0 bridgehead atoms. The first-order valence-electron chi connectivity index (χ1n) is 11.7. The van der Waals surface area contributed by atoms with Crippen LogP contribution in [-0.2, 0) is 4.74 Å². The number of aliphatic imine (C=N–C) groups is 1. The van der Waals surface area contributed by atoms with Crippen LogP contribution >= 0.6 is 24.0 Å². The Morgan fingerprint density at radius 2 is 1.84 bits per heavy atom. The molecule has 1 saturated heterocycles. The molecule has 0 amide bonds. The maximum atomic E-state index is 5.62. The van der Waals surface area contributed by atoms with Crippen molar-refractivity contribution in [2.24, 2.45) is 4.99 Å². The number of para-hydroxylation sites is 1. The quantitative estimate of drug-likeness (QED) is 0.290. The van der Waals surface area contributed by atoms with Gasteiger partial charge < -0.3 is 25.0 Å². The van der Waals surface area contributed by atoms with Crippen molar-refractivity contribution >= 4 is 29.9 Å². The minimum absolute atomic E-state index is 0. The van der Waals surface area contributed by atoms with E-state index in [9.17, 15) is 0 Å². The fourth-order valence-electron chi connectivity index (χ4n) is 5.03. The van der Waals surface area contributed by atoms with Gasteiger partial charge in [-0.15, -0.1) is 24.0 Å². The zero-order chi connectivity index (χ0) is 22.1. The summed E-state index contributed by atoms with van der Waals surface area (Å²) in [6.45, 7) is 5.43. The molecule has 2 aliphatic rings. The van der Waals surface area contributed by atoms with E-state index in [2.05, 4.69) is 51.7 Å². The first-order valence-corrected chi connectivity index (χ1v) is 11.7. The largest absolute Gasteiger partial charge is 0.496 e. The topological polar surface area (TPSA) is 61.4 Å². The number of morpholine rings is 1. The van der Waals surface area contributed by atoms with E-state index >= 15 is 0 Å². The molecular weight excluding hydrogens is 517 g/mol. The van der Waals surface area contributed by atoms with Crippen molar-refractivity contribution in [3.63, 3.8) is 0 Å². The smallest absolute Gasteiger partial charge is 0.191 e. The SMILES string of the molecule is CN=C(NCC(c1ccccc1OC)N(C)C)NCC1(N2CCOCC2)CCCCC1.I. The molecule has 1 aliphatic heterocycles. The van der Waals surface area contributed by atoms with Gasteiger partial charge in [-0.05, 0) is 33.0 Å². The molecule has 1 aliphatic carbocycles. The van der Waals surface area contributed by atoms with Crippen LogP contribution in [-0.4, -0.2) is 88.9 Å². The summed E-state index contributed by atoms with van der Waals surface area (Å²) in [5.74, 6) is 1.78. The van der Waals surface area contributed by atoms with Gasteiger partial charge in [0.1, 0.15) is 5.75 Å². The number of hydrogen-bond donors (Lipinski definition) is 2. The first kappa shape index (κ1) is 27.1. The fourth-order valence-corrected chi connectivity index (χ4v) is 5.03. The van der Waals surface area contributed by atoms with Crippen molar-refractivity contribution in [3.05, 3.63) is 29.8 Å². The van der Waals surface area contributed by atoms with Crippen molar-refractivity contribution < 1.29 is 9.47 Å². The summed E-state index contributed by atoms with van der Waals surface area (Å²) in [5, 5.41) is 7.22. The minimum Gasteiger partial charge on any atom is -0.496 e. The van der Waals surface area contributed by atoms with E-state index in [1.54, 1.807) is 7.11 Å². The molecule has 182 valence electrons. The van der Waals surface area contributed by atoms with Gasteiger partial charge in [0.05, 0.1) is 26.4 Å². The Labute approximate surface area is 211 Å². The third-order valence-corrected chi connectivity index (χ3v) is 6.86. The van der Waals surface area contributed by atoms with Gasteiger partial charge in [-0.3, -0.25) is 9.89 Å². The van der Waals surface area contributed by atoms with E-state index in [1.807, 2.05) is 19.2 Å². The number of benzene rings is 1. The number of hydrogen-bond acceptors (Lipinski definition) is 5. The van der Waals surface area contributed by atoms with E-state index in [0.717, 1.165) is 51.1 Å². The summed E-state index contributed by atoms with van der Waals surface area (Å²) in [6, 6.07) is 8.41. The predicted molar refractivity (Wildman–Crippen MR) is 142 cm³/mol. The maximum Gasteiger partial charge on any atom is 0.191 e. The molecule has 1 unspecified atom stereocenters. The van der Waals surface area contributed by atoms with Gasteiger partial charge in [0.25, 0.3) is 0 Å². The highest BCUT2D eigenvalue weighted by Gasteiger charge is 2.38. The first-order chi connectivity index (χ1) is 15.1. The normalized spacial score (nSPS) is 20.3. The molecule has 8 heteroatoms. The second kappa shape index (κ2) is 13.6. The number of guanidine groups is 1. The predicted octanol–water partition coefficient (Wildman–Crippen LogP) is 3.12. The maximum absolute atomic E-state index is 5.62. The number of likely N-dealkylation sites (N-methyl/N-ethyl adjacent to an activating group) is 1. The number of nitrogens with one attached hydrogen (secondary N) is 2. The Balaban J connectivity index is 0.00000363. The van der Waals surface area contributed by atoms with E-state index in [1.165, 1.54) is 37.7 Å². The zero-order valence-electron chi connectivity index (χ0n) is 20.2. The monoisotopic (exact) mass is 559 g/mol. The van der Waals surface area contributed by atoms with E-state index in [4.69, 9.17) is 9.47 Å². The van der Waals surface area contributed by atoms with Crippen LogP contribution in [0.15, 0.2) is 29.3 Å². The summed E-state index contributed by atoms with van der Waals surface area (Å²) in [7, 11) is 7.79. The summed E-state index contributed by atoms with van der Waals surface area (Å²) >= 11 is 0. The molecule has 0 radical (unpaired) electrons. The van der Waals surface area contributed by atoms with Crippen molar-refractivity contribution in [1.29, 1.82) is 0 Å². The summed E-state index contributed by atoms with van der Waals surface area (Å²) in [5.41, 5.74) is 1.39. The molecule has 1 saturated carbocycles. The number of halogens is 1. The highest BCUT2D eigenvalue weighted by atomic mass is 127. The Morgan fingerprint density at radius 1 is 1.16 bits per heavy atom. The number of methoxy groups -OCH3 is 1. The van der Waals surface area contributed by atoms with Crippen molar-refractivity contribution in [3.8, 4) is 5.75 Å². The molecule has 2 N–H and O–H groups in total. The van der Waals surface area contributed by atoms with Gasteiger partial charge in [-0.25, -0.2) is 0 Å².